The Morgan fingerprint density at radius 2 is 2.35 bits per heavy atom. The molecule has 2 heterocycles. The largest absolute Gasteiger partial charge is 0.378 e. The van der Waals surface area contributed by atoms with E-state index in [1.54, 1.807) is 0 Å². The van der Waals surface area contributed by atoms with Crippen LogP contribution in [-0.4, -0.2) is 51.9 Å². The van der Waals surface area contributed by atoms with Crippen LogP contribution in [0, 0.1) is 5.41 Å². The zero-order valence-corrected chi connectivity index (χ0v) is 15.1. The van der Waals surface area contributed by atoms with Crippen LogP contribution in [-0.2, 0) is 11.3 Å². The molecule has 1 aliphatic carbocycles. The van der Waals surface area contributed by atoms with E-state index in [1.807, 2.05) is 36.1 Å². The van der Waals surface area contributed by atoms with Gasteiger partial charge in [0.15, 0.2) is 5.82 Å². The molecule has 1 saturated carbocycles. The Hall–Kier alpha value is -2.41. The van der Waals surface area contributed by atoms with Gasteiger partial charge >= 0.3 is 6.03 Å². The van der Waals surface area contributed by atoms with E-state index in [0.717, 1.165) is 55.9 Å². The first kappa shape index (κ1) is 17.0. The molecule has 0 bridgehead atoms. The molecule has 138 valence electrons. The molecule has 2 aliphatic rings. The molecular formula is C19H25N5O2. The lowest BCUT2D eigenvalue weighted by Gasteiger charge is -2.44. The number of urea groups is 1. The van der Waals surface area contributed by atoms with Gasteiger partial charge in [0, 0.05) is 31.8 Å². The monoisotopic (exact) mass is 355 g/mol. The molecule has 0 radical (unpaired) electrons. The van der Waals surface area contributed by atoms with Crippen LogP contribution in [0.15, 0.2) is 30.6 Å². The van der Waals surface area contributed by atoms with Gasteiger partial charge in [-0.05, 0) is 43.2 Å². The molecular weight excluding hydrogens is 330 g/mol. The van der Waals surface area contributed by atoms with E-state index in [-0.39, 0.29) is 6.03 Å². The number of hydrogen-bond acceptors (Lipinski definition) is 4. The second-order valence-corrected chi connectivity index (χ2v) is 7.35. The highest BCUT2D eigenvalue weighted by Gasteiger charge is 2.49. The van der Waals surface area contributed by atoms with Crippen molar-refractivity contribution in [2.75, 3.05) is 19.7 Å². The number of carbonyl (C=O) groups excluding carboxylic acids is 1. The standard InChI is InChI=1S/C19H25N5O2/c1-2-26-16-9-19(10-16)6-7-24(12-19)18(25)20-11-14-4-3-5-15(8-14)17-21-13-22-23-17/h3-5,8,13,16H,2,6-7,9-12H2,1H3,(H,20,25)(H,21,22,23). The number of rotatable bonds is 5. The summed E-state index contributed by atoms with van der Waals surface area (Å²) >= 11 is 0. The quantitative estimate of drug-likeness (QED) is 0.863. The van der Waals surface area contributed by atoms with E-state index in [1.165, 1.54) is 6.33 Å². The van der Waals surface area contributed by atoms with Gasteiger partial charge in [-0.25, -0.2) is 9.78 Å². The van der Waals surface area contributed by atoms with Crippen LogP contribution in [0.25, 0.3) is 11.4 Å². The number of aromatic nitrogens is 3. The Morgan fingerprint density at radius 3 is 3.12 bits per heavy atom. The number of nitrogens with zero attached hydrogens (tertiary/aromatic N) is 3. The van der Waals surface area contributed by atoms with E-state index < -0.39 is 0 Å². The predicted octanol–water partition coefficient (Wildman–Crippen LogP) is 2.57. The normalized spacial score (nSPS) is 24.7. The Balaban J connectivity index is 1.29. The van der Waals surface area contributed by atoms with Crippen LogP contribution in [0.4, 0.5) is 4.79 Å². The second-order valence-electron chi connectivity index (χ2n) is 7.35. The van der Waals surface area contributed by atoms with Crippen molar-refractivity contribution in [3.8, 4) is 11.4 Å². The number of hydrogen-bond donors (Lipinski definition) is 2. The predicted molar refractivity (Wildman–Crippen MR) is 97.3 cm³/mol. The molecule has 1 saturated heterocycles. The highest BCUT2D eigenvalue weighted by Crippen LogP contribution is 2.49. The lowest BCUT2D eigenvalue weighted by atomic mass is 9.66. The van der Waals surface area contributed by atoms with Crippen molar-refractivity contribution >= 4 is 6.03 Å². The highest BCUT2D eigenvalue weighted by atomic mass is 16.5. The molecule has 2 aromatic rings. The summed E-state index contributed by atoms with van der Waals surface area (Å²) in [4.78, 5) is 18.6. The molecule has 2 N–H and O–H groups in total. The molecule has 2 fully saturated rings. The van der Waals surface area contributed by atoms with Crippen molar-refractivity contribution in [1.29, 1.82) is 0 Å². The first-order chi connectivity index (χ1) is 12.7. The Kier molecular flexibility index (Phi) is 4.63. The van der Waals surface area contributed by atoms with Gasteiger partial charge in [-0.15, -0.1) is 0 Å². The third-order valence-electron chi connectivity index (χ3n) is 5.51. The number of amides is 2. The summed E-state index contributed by atoms with van der Waals surface area (Å²) in [5.74, 6) is 0.730. The van der Waals surface area contributed by atoms with Crippen LogP contribution in [0.3, 0.4) is 0 Å². The average Bonchev–Trinajstić information content (AvgIpc) is 3.30. The molecule has 7 heteroatoms. The molecule has 2 amide bonds. The maximum absolute atomic E-state index is 12.5. The topological polar surface area (TPSA) is 83.1 Å². The van der Waals surface area contributed by atoms with Gasteiger partial charge in [0.05, 0.1) is 6.10 Å². The zero-order chi connectivity index (χ0) is 18.0. The first-order valence-electron chi connectivity index (χ1n) is 9.26. The molecule has 0 unspecified atom stereocenters. The maximum Gasteiger partial charge on any atom is 0.317 e. The van der Waals surface area contributed by atoms with Gasteiger partial charge in [0.25, 0.3) is 0 Å². The van der Waals surface area contributed by atoms with E-state index in [0.29, 0.717) is 18.1 Å². The number of ether oxygens (including phenoxy) is 1. The summed E-state index contributed by atoms with van der Waals surface area (Å²) in [5, 5.41) is 9.78. The Morgan fingerprint density at radius 1 is 1.46 bits per heavy atom. The van der Waals surface area contributed by atoms with Crippen LogP contribution in [0.1, 0.15) is 31.7 Å². The summed E-state index contributed by atoms with van der Waals surface area (Å²) in [6.45, 7) is 5.00. The maximum atomic E-state index is 12.5. The van der Waals surface area contributed by atoms with Crippen molar-refractivity contribution in [2.45, 2.75) is 38.8 Å². The van der Waals surface area contributed by atoms with Crippen molar-refractivity contribution in [3.63, 3.8) is 0 Å². The van der Waals surface area contributed by atoms with Crippen molar-refractivity contribution in [3.05, 3.63) is 36.2 Å². The van der Waals surface area contributed by atoms with Gasteiger partial charge in [0.2, 0.25) is 0 Å². The number of likely N-dealkylation sites (tertiary alicyclic amines) is 1. The van der Waals surface area contributed by atoms with Gasteiger partial charge < -0.3 is 15.0 Å². The van der Waals surface area contributed by atoms with Gasteiger partial charge in [0.1, 0.15) is 6.33 Å². The molecule has 26 heavy (non-hydrogen) atoms. The third-order valence-corrected chi connectivity index (χ3v) is 5.51. The minimum Gasteiger partial charge on any atom is -0.378 e. The fourth-order valence-corrected chi connectivity index (χ4v) is 4.16. The molecule has 0 atom stereocenters. The van der Waals surface area contributed by atoms with E-state index in [9.17, 15) is 4.79 Å². The van der Waals surface area contributed by atoms with Crippen molar-refractivity contribution in [2.24, 2.45) is 5.41 Å². The number of carbonyl (C=O) groups is 1. The molecule has 1 aromatic heterocycles. The SMILES string of the molecule is CCOC1CC2(CCN(C(=O)NCc3cccc(-c4ncn[nH]4)c3)C2)C1. The third kappa shape index (κ3) is 3.44. The molecule has 1 spiro atoms. The smallest absolute Gasteiger partial charge is 0.317 e. The van der Waals surface area contributed by atoms with Crippen molar-refractivity contribution < 1.29 is 9.53 Å². The number of H-pyrrole nitrogens is 1. The summed E-state index contributed by atoms with van der Waals surface area (Å²) < 4.78 is 5.68. The van der Waals surface area contributed by atoms with Gasteiger partial charge in [-0.2, -0.15) is 5.10 Å². The van der Waals surface area contributed by atoms with Crippen LogP contribution < -0.4 is 5.32 Å². The van der Waals surface area contributed by atoms with Crippen molar-refractivity contribution in [1.82, 2.24) is 25.4 Å². The van der Waals surface area contributed by atoms with Gasteiger partial charge in [-0.3, -0.25) is 5.10 Å². The van der Waals surface area contributed by atoms with Crippen LogP contribution in [0.5, 0.6) is 0 Å². The molecule has 1 aromatic carbocycles. The molecule has 4 rings (SSSR count). The number of aromatic amines is 1. The summed E-state index contributed by atoms with van der Waals surface area (Å²) in [6, 6.07) is 7.98. The highest BCUT2D eigenvalue weighted by molar-refractivity contribution is 5.74. The minimum atomic E-state index is 0.0202. The Labute approximate surface area is 153 Å². The lowest BCUT2D eigenvalue weighted by molar-refractivity contribution is -0.0704. The zero-order valence-electron chi connectivity index (χ0n) is 15.1. The summed E-state index contributed by atoms with van der Waals surface area (Å²) in [6.07, 6.45) is 5.14. The minimum absolute atomic E-state index is 0.0202. The average molecular weight is 355 g/mol. The van der Waals surface area contributed by atoms with E-state index in [2.05, 4.69) is 20.5 Å². The first-order valence-corrected chi connectivity index (χ1v) is 9.26. The molecule has 7 nitrogen and oxygen atoms in total. The second kappa shape index (κ2) is 7.07. The van der Waals surface area contributed by atoms with Gasteiger partial charge in [-0.1, -0.05) is 18.2 Å². The Bertz CT molecular complexity index is 755. The number of nitrogens with one attached hydrogen (secondary N) is 2. The van der Waals surface area contributed by atoms with E-state index >= 15 is 0 Å². The molecule has 1 aliphatic heterocycles. The summed E-state index contributed by atoms with van der Waals surface area (Å²) in [7, 11) is 0. The fourth-order valence-electron chi connectivity index (χ4n) is 4.16. The lowest BCUT2D eigenvalue weighted by Crippen LogP contribution is -2.46. The van der Waals surface area contributed by atoms with Crippen LogP contribution in [0.2, 0.25) is 0 Å². The summed E-state index contributed by atoms with van der Waals surface area (Å²) in [5.41, 5.74) is 2.30. The number of benzene rings is 1. The van der Waals surface area contributed by atoms with Crippen LogP contribution >= 0.6 is 0 Å². The fraction of sp³-hybridized carbons (Fsp3) is 0.526. The van der Waals surface area contributed by atoms with E-state index in [4.69, 9.17) is 4.74 Å².